The molecule has 0 saturated heterocycles. The van der Waals surface area contributed by atoms with E-state index in [1.165, 1.54) is 23.5 Å². The fourth-order valence-electron chi connectivity index (χ4n) is 1.71. The van der Waals surface area contributed by atoms with Gasteiger partial charge in [0.05, 0.1) is 15.2 Å². The minimum atomic E-state index is -0.337. The summed E-state index contributed by atoms with van der Waals surface area (Å²) in [5, 5.41) is 0. The molecule has 0 N–H and O–H groups in total. The molecule has 0 bridgehead atoms. The molecule has 0 aliphatic heterocycles. The molecule has 2 rings (SSSR count). The van der Waals surface area contributed by atoms with Crippen molar-refractivity contribution < 1.29 is 13.9 Å². The second-order valence-corrected chi connectivity index (χ2v) is 6.97. The van der Waals surface area contributed by atoms with Gasteiger partial charge in [-0.3, -0.25) is 4.79 Å². The SMILES string of the molecule is Cc1cc(C(=O)N(C)CCOc2cccc(F)c2)sc1Br. The molecule has 0 atom stereocenters. The number of thiophene rings is 1. The number of benzene rings is 1. The standard InChI is InChI=1S/C15H15BrFNO2S/c1-10-8-13(21-14(10)16)15(19)18(2)6-7-20-12-5-3-4-11(17)9-12/h3-5,8-9H,6-7H2,1-2H3. The van der Waals surface area contributed by atoms with Gasteiger partial charge in [-0.1, -0.05) is 6.07 Å². The van der Waals surface area contributed by atoms with Crippen LogP contribution in [0.2, 0.25) is 0 Å². The fourth-order valence-corrected chi connectivity index (χ4v) is 3.24. The molecule has 0 aliphatic rings. The van der Waals surface area contributed by atoms with Crippen LogP contribution in [0.1, 0.15) is 15.2 Å². The number of rotatable bonds is 5. The van der Waals surface area contributed by atoms with Gasteiger partial charge in [-0.25, -0.2) is 4.39 Å². The Kier molecular flexibility index (Phi) is 5.36. The quantitative estimate of drug-likeness (QED) is 0.791. The number of nitrogens with zero attached hydrogens (tertiary/aromatic N) is 1. The van der Waals surface area contributed by atoms with Crippen molar-refractivity contribution in [2.75, 3.05) is 20.2 Å². The van der Waals surface area contributed by atoms with Crippen LogP contribution in [0.3, 0.4) is 0 Å². The van der Waals surface area contributed by atoms with Gasteiger partial charge in [-0.15, -0.1) is 11.3 Å². The van der Waals surface area contributed by atoms with Gasteiger partial charge in [0, 0.05) is 13.1 Å². The first kappa shape index (κ1) is 16.0. The molecule has 21 heavy (non-hydrogen) atoms. The Bertz CT molecular complexity index is 625. The summed E-state index contributed by atoms with van der Waals surface area (Å²) in [7, 11) is 1.72. The smallest absolute Gasteiger partial charge is 0.263 e. The van der Waals surface area contributed by atoms with Gasteiger partial charge in [0.1, 0.15) is 18.2 Å². The van der Waals surface area contributed by atoms with Gasteiger partial charge in [0.15, 0.2) is 0 Å². The third-order valence-electron chi connectivity index (χ3n) is 2.91. The Hall–Kier alpha value is -1.40. The lowest BCUT2D eigenvalue weighted by atomic mass is 10.3. The van der Waals surface area contributed by atoms with E-state index in [0.717, 1.165) is 9.35 Å². The molecule has 0 unspecified atom stereocenters. The van der Waals surface area contributed by atoms with Crippen molar-refractivity contribution in [3.05, 3.63) is 50.4 Å². The van der Waals surface area contributed by atoms with Crippen molar-refractivity contribution in [3.8, 4) is 5.75 Å². The third kappa shape index (κ3) is 4.28. The van der Waals surface area contributed by atoms with Crippen LogP contribution in [-0.4, -0.2) is 31.0 Å². The summed E-state index contributed by atoms with van der Waals surface area (Å²) < 4.78 is 19.4. The topological polar surface area (TPSA) is 29.5 Å². The molecule has 0 fully saturated rings. The predicted molar refractivity (Wildman–Crippen MR) is 85.6 cm³/mol. The Morgan fingerprint density at radius 1 is 1.43 bits per heavy atom. The van der Waals surface area contributed by atoms with Crippen LogP contribution in [-0.2, 0) is 0 Å². The van der Waals surface area contributed by atoms with Crippen molar-refractivity contribution in [1.29, 1.82) is 0 Å². The van der Waals surface area contributed by atoms with E-state index in [2.05, 4.69) is 15.9 Å². The van der Waals surface area contributed by atoms with Gasteiger partial charge < -0.3 is 9.64 Å². The lowest BCUT2D eigenvalue weighted by Gasteiger charge is -2.16. The molecule has 1 aromatic heterocycles. The summed E-state index contributed by atoms with van der Waals surface area (Å²) >= 11 is 4.83. The number of carbonyl (C=O) groups excluding carboxylic acids is 1. The number of carbonyl (C=O) groups is 1. The molecule has 0 saturated carbocycles. The van der Waals surface area contributed by atoms with Crippen LogP contribution in [0, 0.1) is 12.7 Å². The summed E-state index contributed by atoms with van der Waals surface area (Å²) in [6.45, 7) is 2.70. The maximum absolute atomic E-state index is 13.0. The molecule has 1 aromatic carbocycles. The number of aryl methyl sites for hydroxylation is 1. The molecule has 6 heteroatoms. The van der Waals surface area contributed by atoms with E-state index in [-0.39, 0.29) is 11.7 Å². The zero-order chi connectivity index (χ0) is 15.4. The molecule has 3 nitrogen and oxygen atoms in total. The molecule has 112 valence electrons. The fraction of sp³-hybridized carbons (Fsp3) is 0.267. The van der Waals surface area contributed by atoms with Crippen LogP contribution in [0.15, 0.2) is 34.1 Å². The first-order valence-corrected chi connectivity index (χ1v) is 7.98. The molecular weight excluding hydrogens is 357 g/mol. The van der Waals surface area contributed by atoms with Gasteiger partial charge in [-0.2, -0.15) is 0 Å². The maximum atomic E-state index is 13.0. The lowest BCUT2D eigenvalue weighted by molar-refractivity contribution is 0.0778. The maximum Gasteiger partial charge on any atom is 0.263 e. The molecule has 2 aromatic rings. The van der Waals surface area contributed by atoms with Crippen molar-refractivity contribution in [2.45, 2.75) is 6.92 Å². The molecule has 0 spiro atoms. The summed E-state index contributed by atoms with van der Waals surface area (Å²) in [6, 6.07) is 7.82. The van der Waals surface area contributed by atoms with Crippen LogP contribution < -0.4 is 4.74 Å². The van der Waals surface area contributed by atoms with E-state index in [1.807, 2.05) is 13.0 Å². The normalized spacial score (nSPS) is 10.5. The van der Waals surface area contributed by atoms with Crippen LogP contribution in [0.5, 0.6) is 5.75 Å². The molecule has 1 heterocycles. The number of hydrogen-bond donors (Lipinski definition) is 0. The second kappa shape index (κ2) is 7.04. The average Bonchev–Trinajstić information content (AvgIpc) is 2.78. The number of amides is 1. The van der Waals surface area contributed by atoms with Gasteiger partial charge >= 0.3 is 0 Å². The van der Waals surface area contributed by atoms with E-state index in [9.17, 15) is 9.18 Å². The highest BCUT2D eigenvalue weighted by Crippen LogP contribution is 2.28. The van der Waals surface area contributed by atoms with Crippen molar-refractivity contribution in [1.82, 2.24) is 4.90 Å². The van der Waals surface area contributed by atoms with E-state index in [4.69, 9.17) is 4.74 Å². The highest BCUT2D eigenvalue weighted by Gasteiger charge is 2.15. The molecular formula is C15H15BrFNO2S. The van der Waals surface area contributed by atoms with Gasteiger partial charge in [0.2, 0.25) is 0 Å². The number of likely N-dealkylation sites (N-methyl/N-ethyl adjacent to an activating group) is 1. The van der Waals surface area contributed by atoms with Crippen LogP contribution >= 0.6 is 27.3 Å². The Morgan fingerprint density at radius 3 is 2.81 bits per heavy atom. The van der Waals surface area contributed by atoms with Crippen molar-refractivity contribution in [2.24, 2.45) is 0 Å². The van der Waals surface area contributed by atoms with E-state index < -0.39 is 0 Å². The molecule has 1 amide bonds. The lowest BCUT2D eigenvalue weighted by Crippen LogP contribution is -2.30. The summed E-state index contributed by atoms with van der Waals surface area (Å²) in [6.07, 6.45) is 0. The summed E-state index contributed by atoms with van der Waals surface area (Å²) in [5.41, 5.74) is 1.05. The van der Waals surface area contributed by atoms with Gasteiger partial charge in [-0.05, 0) is 46.6 Å². The molecule has 0 radical (unpaired) electrons. The van der Waals surface area contributed by atoms with Crippen LogP contribution in [0.4, 0.5) is 4.39 Å². The van der Waals surface area contributed by atoms with E-state index >= 15 is 0 Å². The number of halogens is 2. The summed E-state index contributed by atoms with van der Waals surface area (Å²) in [5.74, 6) is 0.0815. The van der Waals surface area contributed by atoms with Crippen molar-refractivity contribution in [3.63, 3.8) is 0 Å². The zero-order valence-corrected chi connectivity index (χ0v) is 14.1. The van der Waals surface area contributed by atoms with E-state index in [1.54, 1.807) is 24.1 Å². The van der Waals surface area contributed by atoms with E-state index in [0.29, 0.717) is 23.8 Å². The first-order valence-electron chi connectivity index (χ1n) is 6.37. The van der Waals surface area contributed by atoms with Crippen LogP contribution in [0.25, 0.3) is 0 Å². The average molecular weight is 372 g/mol. The predicted octanol–water partition coefficient (Wildman–Crippen LogP) is 4.11. The van der Waals surface area contributed by atoms with Gasteiger partial charge in [0.25, 0.3) is 5.91 Å². The third-order valence-corrected chi connectivity index (χ3v) is 5.03. The highest BCUT2D eigenvalue weighted by molar-refractivity contribution is 9.11. The Balaban J connectivity index is 1.87. The molecule has 0 aliphatic carbocycles. The Morgan fingerprint density at radius 2 is 2.19 bits per heavy atom. The van der Waals surface area contributed by atoms with Crippen molar-refractivity contribution >= 4 is 33.2 Å². The summed E-state index contributed by atoms with van der Waals surface area (Å²) in [4.78, 5) is 14.5. The number of ether oxygens (including phenoxy) is 1. The first-order chi connectivity index (χ1) is 9.97. The largest absolute Gasteiger partial charge is 0.492 e. The monoisotopic (exact) mass is 371 g/mol. The highest BCUT2D eigenvalue weighted by atomic mass is 79.9. The Labute approximate surface area is 135 Å². The minimum Gasteiger partial charge on any atom is -0.492 e. The number of hydrogen-bond acceptors (Lipinski definition) is 3. The second-order valence-electron chi connectivity index (χ2n) is 4.60. The zero-order valence-electron chi connectivity index (χ0n) is 11.7. The minimum absolute atomic E-state index is 0.0448.